The second-order valence-electron chi connectivity index (χ2n) is 6.20. The standard InChI is InChI=1S/C18H24BrN5S/c1-12-13(2)25-17(22-12)10-21-18(20-3)23-14-8-9-24(11-14)16-7-5-4-6-15(16)19/h4-7,14H,8-11H2,1-3H3,(H2,20,21,23). The van der Waals surface area contributed by atoms with Gasteiger partial charge in [-0.2, -0.15) is 0 Å². The van der Waals surface area contributed by atoms with Gasteiger partial charge >= 0.3 is 0 Å². The summed E-state index contributed by atoms with van der Waals surface area (Å²) in [6, 6.07) is 8.77. The number of para-hydroxylation sites is 1. The Hall–Kier alpha value is -1.60. The summed E-state index contributed by atoms with van der Waals surface area (Å²) in [4.78, 5) is 12.6. The average Bonchev–Trinajstić information content (AvgIpc) is 3.19. The number of aliphatic imine (C=N–C) groups is 1. The third-order valence-corrected chi connectivity index (χ3v) is 6.17. The molecule has 2 aromatic rings. The first-order chi connectivity index (χ1) is 12.1. The van der Waals surface area contributed by atoms with E-state index in [1.807, 2.05) is 13.1 Å². The maximum Gasteiger partial charge on any atom is 0.191 e. The van der Waals surface area contributed by atoms with Gasteiger partial charge in [-0.15, -0.1) is 11.3 Å². The number of halogens is 1. The van der Waals surface area contributed by atoms with Crippen LogP contribution in [0.1, 0.15) is 22.0 Å². The lowest BCUT2D eigenvalue weighted by molar-refractivity contribution is 0.648. The molecule has 2 heterocycles. The Bertz CT molecular complexity index is 738. The lowest BCUT2D eigenvalue weighted by Gasteiger charge is -2.21. The van der Waals surface area contributed by atoms with Gasteiger partial charge in [0.15, 0.2) is 5.96 Å². The zero-order valence-electron chi connectivity index (χ0n) is 14.8. The second kappa shape index (κ2) is 8.19. The first-order valence-corrected chi connectivity index (χ1v) is 10.1. The molecular formula is C18H24BrN5S. The molecule has 1 fully saturated rings. The van der Waals surface area contributed by atoms with E-state index in [9.17, 15) is 0 Å². The van der Waals surface area contributed by atoms with Crippen LogP contribution in [0.2, 0.25) is 0 Å². The van der Waals surface area contributed by atoms with E-state index in [1.54, 1.807) is 11.3 Å². The van der Waals surface area contributed by atoms with Gasteiger partial charge in [0, 0.05) is 35.5 Å². The number of nitrogens with zero attached hydrogens (tertiary/aromatic N) is 3. The molecule has 1 aliphatic heterocycles. The van der Waals surface area contributed by atoms with Crippen molar-refractivity contribution in [2.24, 2.45) is 4.99 Å². The van der Waals surface area contributed by atoms with Crippen LogP contribution < -0.4 is 15.5 Å². The summed E-state index contributed by atoms with van der Waals surface area (Å²) >= 11 is 5.38. The minimum absolute atomic E-state index is 0.387. The Morgan fingerprint density at radius 3 is 2.88 bits per heavy atom. The van der Waals surface area contributed by atoms with Crippen molar-refractivity contribution in [1.82, 2.24) is 15.6 Å². The molecule has 25 heavy (non-hydrogen) atoms. The minimum Gasteiger partial charge on any atom is -0.368 e. The molecule has 134 valence electrons. The van der Waals surface area contributed by atoms with E-state index in [4.69, 9.17) is 0 Å². The van der Waals surface area contributed by atoms with Gasteiger partial charge < -0.3 is 15.5 Å². The zero-order chi connectivity index (χ0) is 17.8. The Kier molecular flexibility index (Phi) is 5.96. The zero-order valence-corrected chi connectivity index (χ0v) is 17.2. The molecule has 0 spiro atoms. The van der Waals surface area contributed by atoms with Gasteiger partial charge in [-0.25, -0.2) is 4.98 Å². The number of hydrogen-bond donors (Lipinski definition) is 2. The predicted octanol–water partition coefficient (Wildman–Crippen LogP) is 3.47. The summed E-state index contributed by atoms with van der Waals surface area (Å²) in [7, 11) is 1.81. The van der Waals surface area contributed by atoms with E-state index < -0.39 is 0 Å². The predicted molar refractivity (Wildman–Crippen MR) is 110 cm³/mol. The monoisotopic (exact) mass is 421 g/mol. The third-order valence-electron chi connectivity index (χ3n) is 4.43. The molecule has 1 aromatic heterocycles. The van der Waals surface area contributed by atoms with Crippen LogP contribution in [0.4, 0.5) is 5.69 Å². The Labute approximate surface area is 161 Å². The van der Waals surface area contributed by atoms with Crippen LogP contribution in [0.5, 0.6) is 0 Å². The summed E-state index contributed by atoms with van der Waals surface area (Å²) in [5, 5.41) is 8.01. The molecule has 2 N–H and O–H groups in total. The maximum atomic E-state index is 4.57. The average molecular weight is 422 g/mol. The van der Waals surface area contributed by atoms with Gasteiger partial charge in [-0.1, -0.05) is 12.1 Å². The van der Waals surface area contributed by atoms with Crippen LogP contribution in [0.15, 0.2) is 33.7 Å². The molecule has 5 nitrogen and oxygen atoms in total. The smallest absolute Gasteiger partial charge is 0.191 e. The van der Waals surface area contributed by atoms with Gasteiger partial charge in [-0.3, -0.25) is 4.99 Å². The van der Waals surface area contributed by atoms with Crippen molar-refractivity contribution < 1.29 is 0 Å². The number of hydrogen-bond acceptors (Lipinski definition) is 4. The van der Waals surface area contributed by atoms with Crippen molar-refractivity contribution in [1.29, 1.82) is 0 Å². The second-order valence-corrected chi connectivity index (χ2v) is 8.34. The van der Waals surface area contributed by atoms with Crippen LogP contribution in [0.25, 0.3) is 0 Å². The lowest BCUT2D eigenvalue weighted by Crippen LogP contribution is -2.44. The number of anilines is 1. The van der Waals surface area contributed by atoms with Crippen molar-refractivity contribution >= 4 is 38.9 Å². The fourth-order valence-electron chi connectivity index (χ4n) is 2.97. The molecule has 7 heteroatoms. The molecule has 1 unspecified atom stereocenters. The Morgan fingerprint density at radius 1 is 1.40 bits per heavy atom. The number of aryl methyl sites for hydroxylation is 2. The fourth-order valence-corrected chi connectivity index (χ4v) is 4.38. The summed E-state index contributed by atoms with van der Waals surface area (Å²) in [6.45, 7) is 6.89. The van der Waals surface area contributed by atoms with Gasteiger partial charge in [-0.05, 0) is 48.3 Å². The van der Waals surface area contributed by atoms with E-state index in [0.717, 1.165) is 40.6 Å². The van der Waals surface area contributed by atoms with Crippen molar-refractivity contribution in [3.05, 3.63) is 44.3 Å². The van der Waals surface area contributed by atoms with E-state index in [1.165, 1.54) is 10.6 Å². The number of thiazole rings is 1. The van der Waals surface area contributed by atoms with Crippen molar-refractivity contribution in [2.75, 3.05) is 25.0 Å². The molecule has 1 aliphatic rings. The molecule has 3 rings (SSSR count). The van der Waals surface area contributed by atoms with Gasteiger partial charge in [0.1, 0.15) is 5.01 Å². The molecule has 0 aliphatic carbocycles. The van der Waals surface area contributed by atoms with Crippen LogP contribution in [0.3, 0.4) is 0 Å². The molecule has 0 bridgehead atoms. The number of guanidine groups is 1. The SMILES string of the molecule is CN=C(NCc1nc(C)c(C)s1)NC1CCN(c2ccccc2Br)C1. The molecule has 0 radical (unpaired) electrons. The number of nitrogens with one attached hydrogen (secondary N) is 2. The summed E-state index contributed by atoms with van der Waals surface area (Å²) in [5.74, 6) is 0.837. The minimum atomic E-state index is 0.387. The van der Waals surface area contributed by atoms with Crippen LogP contribution in [0, 0.1) is 13.8 Å². The topological polar surface area (TPSA) is 52.6 Å². The first-order valence-electron chi connectivity index (χ1n) is 8.46. The number of aromatic nitrogens is 1. The quantitative estimate of drug-likeness (QED) is 0.585. The van der Waals surface area contributed by atoms with Crippen LogP contribution in [-0.2, 0) is 6.54 Å². The number of rotatable bonds is 4. The number of benzene rings is 1. The third kappa shape index (κ3) is 4.52. The van der Waals surface area contributed by atoms with Gasteiger partial charge in [0.2, 0.25) is 0 Å². The fraction of sp³-hybridized carbons (Fsp3) is 0.444. The molecular weight excluding hydrogens is 398 g/mol. The van der Waals surface area contributed by atoms with E-state index in [-0.39, 0.29) is 0 Å². The molecule has 1 atom stereocenters. The van der Waals surface area contributed by atoms with E-state index in [0.29, 0.717) is 12.6 Å². The largest absolute Gasteiger partial charge is 0.368 e. The van der Waals surface area contributed by atoms with Gasteiger partial charge in [0.05, 0.1) is 17.9 Å². The van der Waals surface area contributed by atoms with Crippen LogP contribution in [-0.4, -0.2) is 37.1 Å². The first kappa shape index (κ1) is 18.2. The molecule has 1 saturated heterocycles. The Balaban J connectivity index is 1.53. The maximum absolute atomic E-state index is 4.57. The normalized spacial score (nSPS) is 17.8. The summed E-state index contributed by atoms with van der Waals surface area (Å²) < 4.78 is 1.15. The summed E-state index contributed by atoms with van der Waals surface area (Å²) in [6.07, 6.45) is 1.09. The summed E-state index contributed by atoms with van der Waals surface area (Å²) in [5.41, 5.74) is 2.37. The van der Waals surface area contributed by atoms with E-state index >= 15 is 0 Å². The van der Waals surface area contributed by atoms with Crippen molar-refractivity contribution in [2.45, 2.75) is 32.9 Å². The lowest BCUT2D eigenvalue weighted by atomic mass is 10.3. The van der Waals surface area contributed by atoms with Crippen molar-refractivity contribution in [3.8, 4) is 0 Å². The highest BCUT2D eigenvalue weighted by molar-refractivity contribution is 9.10. The van der Waals surface area contributed by atoms with Crippen LogP contribution >= 0.6 is 27.3 Å². The Morgan fingerprint density at radius 2 is 2.20 bits per heavy atom. The molecule has 1 aromatic carbocycles. The molecule has 0 saturated carbocycles. The molecule has 0 amide bonds. The highest BCUT2D eigenvalue weighted by Gasteiger charge is 2.24. The van der Waals surface area contributed by atoms with E-state index in [2.05, 4.69) is 73.5 Å². The highest BCUT2D eigenvalue weighted by Crippen LogP contribution is 2.28. The van der Waals surface area contributed by atoms with Gasteiger partial charge in [0.25, 0.3) is 0 Å². The highest BCUT2D eigenvalue weighted by atomic mass is 79.9. The van der Waals surface area contributed by atoms with Crippen molar-refractivity contribution in [3.63, 3.8) is 0 Å².